The van der Waals surface area contributed by atoms with Crippen LogP contribution in [0.2, 0.25) is 0 Å². The molecule has 1 aromatic carbocycles. The highest BCUT2D eigenvalue weighted by molar-refractivity contribution is 5.96. The van der Waals surface area contributed by atoms with Crippen molar-refractivity contribution in [3.63, 3.8) is 0 Å². The van der Waals surface area contributed by atoms with Gasteiger partial charge in [0.2, 0.25) is 5.91 Å². The molecule has 0 aliphatic carbocycles. The molecule has 0 bridgehead atoms. The maximum atomic E-state index is 12.8. The third-order valence-electron chi connectivity index (χ3n) is 3.56. The summed E-state index contributed by atoms with van der Waals surface area (Å²) in [5.41, 5.74) is -2.29. The summed E-state index contributed by atoms with van der Waals surface area (Å²) < 4.78 is 39.0. The molecule has 0 atom stereocenters. The van der Waals surface area contributed by atoms with E-state index in [1.165, 1.54) is 24.3 Å². The molecule has 0 fully saturated rings. The first-order valence-electron chi connectivity index (χ1n) is 8.36. The van der Waals surface area contributed by atoms with Gasteiger partial charge in [0, 0.05) is 23.0 Å². The molecular formula is C19H20F3N3O3. The number of pyridine rings is 1. The number of amides is 2. The molecule has 0 saturated heterocycles. The number of carbonyl (C=O) groups excluding carboxylic acids is 2. The molecule has 1 aromatic heterocycles. The van der Waals surface area contributed by atoms with E-state index in [0.717, 1.165) is 12.3 Å². The van der Waals surface area contributed by atoms with Crippen LogP contribution in [0.5, 0.6) is 0 Å². The molecule has 0 aliphatic rings. The summed E-state index contributed by atoms with van der Waals surface area (Å²) in [7, 11) is 0. The van der Waals surface area contributed by atoms with E-state index in [1.807, 2.05) is 20.8 Å². The smallest absolute Gasteiger partial charge is 0.347 e. The van der Waals surface area contributed by atoms with Crippen LogP contribution in [-0.4, -0.2) is 21.9 Å². The Morgan fingerprint density at radius 3 is 2.18 bits per heavy atom. The van der Waals surface area contributed by atoms with Gasteiger partial charge in [-0.3, -0.25) is 14.4 Å². The molecule has 2 rings (SSSR count). The summed E-state index contributed by atoms with van der Waals surface area (Å²) in [6, 6.07) is 7.72. The predicted octanol–water partition coefficient (Wildman–Crippen LogP) is 3.03. The van der Waals surface area contributed by atoms with Crippen molar-refractivity contribution < 1.29 is 22.8 Å². The number of hydrogen-bond donors (Lipinski definition) is 2. The van der Waals surface area contributed by atoms with Gasteiger partial charge in [-0.25, -0.2) is 0 Å². The Kier molecular flexibility index (Phi) is 5.96. The Morgan fingerprint density at radius 2 is 1.64 bits per heavy atom. The molecular weight excluding hydrogens is 375 g/mol. The first-order valence-corrected chi connectivity index (χ1v) is 8.36. The number of benzene rings is 1. The number of halogens is 3. The van der Waals surface area contributed by atoms with Crippen LogP contribution in [0.15, 0.2) is 47.4 Å². The molecule has 0 radical (unpaired) electrons. The van der Waals surface area contributed by atoms with Crippen molar-refractivity contribution in [2.24, 2.45) is 0 Å². The average molecular weight is 395 g/mol. The summed E-state index contributed by atoms with van der Waals surface area (Å²) in [5.74, 6) is -0.950. The van der Waals surface area contributed by atoms with Gasteiger partial charge in [-0.05, 0) is 57.2 Å². The van der Waals surface area contributed by atoms with Crippen molar-refractivity contribution in [1.82, 2.24) is 9.88 Å². The third-order valence-corrected chi connectivity index (χ3v) is 3.56. The molecule has 0 saturated carbocycles. The number of aromatic nitrogens is 1. The maximum absolute atomic E-state index is 12.8. The lowest BCUT2D eigenvalue weighted by Crippen LogP contribution is -2.40. The number of alkyl halides is 3. The van der Waals surface area contributed by atoms with E-state index in [0.29, 0.717) is 21.9 Å². The Bertz CT molecular complexity index is 926. The lowest BCUT2D eigenvalue weighted by molar-refractivity contribution is -0.139. The van der Waals surface area contributed by atoms with Crippen LogP contribution in [0.1, 0.15) is 36.7 Å². The van der Waals surface area contributed by atoms with Gasteiger partial charge in [0.25, 0.3) is 11.5 Å². The van der Waals surface area contributed by atoms with E-state index >= 15 is 0 Å². The second-order valence-corrected chi connectivity index (χ2v) is 7.18. The van der Waals surface area contributed by atoms with Crippen molar-refractivity contribution in [1.29, 1.82) is 0 Å². The highest BCUT2D eigenvalue weighted by atomic mass is 19.4. The van der Waals surface area contributed by atoms with Gasteiger partial charge in [-0.2, -0.15) is 13.2 Å². The molecule has 2 amide bonds. The molecule has 2 N–H and O–H groups in total. The molecule has 0 unspecified atom stereocenters. The molecule has 28 heavy (non-hydrogen) atoms. The van der Waals surface area contributed by atoms with Crippen molar-refractivity contribution in [3.8, 4) is 0 Å². The first-order chi connectivity index (χ1) is 12.9. The molecule has 6 nitrogen and oxygen atoms in total. The summed E-state index contributed by atoms with van der Waals surface area (Å²) in [6.07, 6.45) is -3.68. The highest BCUT2D eigenvalue weighted by Crippen LogP contribution is 2.25. The SMILES string of the molecule is CC(C)(C)NC(=O)c1ccc(NC(=O)Cn2cccc(C(F)(F)F)c2=O)cc1. The Balaban J connectivity index is 2.06. The molecule has 9 heteroatoms. The van der Waals surface area contributed by atoms with Gasteiger partial charge < -0.3 is 15.2 Å². The summed E-state index contributed by atoms with van der Waals surface area (Å²) in [5, 5.41) is 5.27. The normalized spacial score (nSPS) is 11.8. The number of anilines is 1. The van der Waals surface area contributed by atoms with Crippen LogP contribution in [0, 0.1) is 0 Å². The average Bonchev–Trinajstić information content (AvgIpc) is 2.54. The van der Waals surface area contributed by atoms with E-state index in [4.69, 9.17) is 0 Å². The molecule has 2 aromatic rings. The minimum absolute atomic E-state index is 0.277. The fraction of sp³-hybridized carbons (Fsp3) is 0.316. The van der Waals surface area contributed by atoms with Crippen molar-refractivity contribution in [2.75, 3.05) is 5.32 Å². The Morgan fingerprint density at radius 1 is 1.04 bits per heavy atom. The monoisotopic (exact) mass is 395 g/mol. The van der Waals surface area contributed by atoms with Gasteiger partial charge >= 0.3 is 6.18 Å². The van der Waals surface area contributed by atoms with Crippen LogP contribution in [-0.2, 0) is 17.5 Å². The van der Waals surface area contributed by atoms with E-state index < -0.39 is 35.3 Å². The zero-order valence-electron chi connectivity index (χ0n) is 15.6. The van der Waals surface area contributed by atoms with Crippen LogP contribution < -0.4 is 16.2 Å². The van der Waals surface area contributed by atoms with Crippen LogP contribution >= 0.6 is 0 Å². The standard InChI is InChI=1S/C19H20F3N3O3/c1-18(2,3)24-16(27)12-6-8-13(9-7-12)23-15(26)11-25-10-4-5-14(17(25)28)19(20,21)22/h4-10H,11H2,1-3H3,(H,23,26)(H,24,27). The fourth-order valence-electron chi connectivity index (χ4n) is 2.35. The zero-order chi connectivity index (χ0) is 21.1. The molecule has 1 heterocycles. The second kappa shape index (κ2) is 7.87. The quantitative estimate of drug-likeness (QED) is 0.835. The maximum Gasteiger partial charge on any atom is 0.421 e. The Hall–Kier alpha value is -3.10. The number of nitrogens with zero attached hydrogens (tertiary/aromatic N) is 1. The number of nitrogens with one attached hydrogen (secondary N) is 2. The van der Waals surface area contributed by atoms with E-state index in [-0.39, 0.29) is 5.91 Å². The number of rotatable bonds is 4. The topological polar surface area (TPSA) is 80.2 Å². The van der Waals surface area contributed by atoms with Gasteiger partial charge in [-0.15, -0.1) is 0 Å². The van der Waals surface area contributed by atoms with Crippen molar-refractivity contribution in [3.05, 3.63) is 64.1 Å². The summed E-state index contributed by atoms with van der Waals surface area (Å²) in [6.45, 7) is 4.95. The summed E-state index contributed by atoms with van der Waals surface area (Å²) >= 11 is 0. The van der Waals surface area contributed by atoms with Crippen LogP contribution in [0.3, 0.4) is 0 Å². The molecule has 0 spiro atoms. The number of carbonyl (C=O) groups is 2. The minimum Gasteiger partial charge on any atom is -0.347 e. The van der Waals surface area contributed by atoms with Gasteiger partial charge in [0.1, 0.15) is 12.1 Å². The third kappa shape index (κ3) is 5.70. The van der Waals surface area contributed by atoms with Crippen LogP contribution in [0.4, 0.5) is 18.9 Å². The molecule has 150 valence electrons. The van der Waals surface area contributed by atoms with E-state index in [2.05, 4.69) is 10.6 Å². The minimum atomic E-state index is -4.79. The lowest BCUT2D eigenvalue weighted by Gasteiger charge is -2.20. The predicted molar refractivity (Wildman–Crippen MR) is 98.0 cm³/mol. The van der Waals surface area contributed by atoms with Crippen molar-refractivity contribution >= 4 is 17.5 Å². The van der Waals surface area contributed by atoms with Gasteiger partial charge in [0.15, 0.2) is 0 Å². The van der Waals surface area contributed by atoms with Crippen molar-refractivity contribution in [2.45, 2.75) is 39.0 Å². The second-order valence-electron chi connectivity index (χ2n) is 7.18. The van der Waals surface area contributed by atoms with Crippen LogP contribution in [0.25, 0.3) is 0 Å². The highest BCUT2D eigenvalue weighted by Gasteiger charge is 2.34. The van der Waals surface area contributed by atoms with Gasteiger partial charge in [0.05, 0.1) is 0 Å². The van der Waals surface area contributed by atoms with E-state index in [9.17, 15) is 27.6 Å². The first kappa shape index (κ1) is 21.2. The Labute approximate surface area is 159 Å². The van der Waals surface area contributed by atoms with E-state index in [1.54, 1.807) is 0 Å². The largest absolute Gasteiger partial charge is 0.421 e. The zero-order valence-corrected chi connectivity index (χ0v) is 15.6. The number of hydrogen-bond acceptors (Lipinski definition) is 3. The fourth-order valence-corrected chi connectivity index (χ4v) is 2.35. The van der Waals surface area contributed by atoms with Gasteiger partial charge in [-0.1, -0.05) is 0 Å². The lowest BCUT2D eigenvalue weighted by atomic mass is 10.1. The molecule has 0 aliphatic heterocycles. The summed E-state index contributed by atoms with van der Waals surface area (Å²) in [4.78, 5) is 36.0.